The molecule has 0 atom stereocenters. The molecule has 0 saturated carbocycles. The van der Waals surface area contributed by atoms with Gasteiger partial charge in [0.05, 0.1) is 11.9 Å². The molecular weight excluding hydrogens is 412 g/mol. The Morgan fingerprint density at radius 2 is 1.97 bits per heavy atom. The molecule has 1 aliphatic heterocycles. The fourth-order valence-corrected chi connectivity index (χ4v) is 4.60. The Morgan fingerprint density at radius 3 is 2.76 bits per heavy atom. The zero-order valence-corrected chi connectivity index (χ0v) is 17.7. The highest BCUT2D eigenvalue weighted by Gasteiger charge is 2.21. The zero-order chi connectivity index (χ0) is 20.9. The number of urea groups is 1. The van der Waals surface area contributed by atoms with E-state index >= 15 is 0 Å². The molecule has 0 unspecified atom stereocenters. The van der Waals surface area contributed by atoms with Gasteiger partial charge in [0.2, 0.25) is 15.9 Å². The van der Waals surface area contributed by atoms with Gasteiger partial charge in [0.15, 0.2) is 0 Å². The monoisotopic (exact) mass is 436 g/mol. The molecule has 8 nitrogen and oxygen atoms in total. The van der Waals surface area contributed by atoms with Gasteiger partial charge in [-0.3, -0.25) is 9.52 Å². The number of para-hydroxylation sites is 1. The molecule has 10 heteroatoms. The number of thiophene rings is 1. The number of hydrogen-bond donors (Lipinski definition) is 3. The Morgan fingerprint density at radius 1 is 1.17 bits per heavy atom. The number of rotatable bonds is 7. The summed E-state index contributed by atoms with van der Waals surface area (Å²) in [5, 5.41) is 7.40. The third-order valence-corrected chi connectivity index (χ3v) is 6.15. The van der Waals surface area contributed by atoms with E-state index in [0.29, 0.717) is 24.3 Å². The second-order valence-corrected chi connectivity index (χ2v) is 9.57. The molecule has 0 radical (unpaired) electrons. The van der Waals surface area contributed by atoms with E-state index in [2.05, 4.69) is 21.4 Å². The van der Waals surface area contributed by atoms with Gasteiger partial charge in [-0.15, -0.1) is 11.3 Å². The second-order valence-electron chi connectivity index (χ2n) is 6.83. The molecule has 0 spiro atoms. The number of carbonyl (C=O) groups excluding carboxylic acids is 2. The lowest BCUT2D eigenvalue weighted by Crippen LogP contribution is -2.40. The first-order valence-electron chi connectivity index (χ1n) is 9.22. The Labute approximate surface area is 174 Å². The topological polar surface area (TPSA) is 108 Å². The van der Waals surface area contributed by atoms with Crippen molar-refractivity contribution >= 4 is 39.0 Å². The van der Waals surface area contributed by atoms with Crippen LogP contribution in [0.5, 0.6) is 0 Å². The van der Waals surface area contributed by atoms with Gasteiger partial charge in [-0.05, 0) is 35.1 Å². The van der Waals surface area contributed by atoms with Crippen LogP contribution in [-0.2, 0) is 34.3 Å². The smallest absolute Gasteiger partial charge is 0.315 e. The van der Waals surface area contributed by atoms with E-state index in [1.54, 1.807) is 35.6 Å². The zero-order valence-electron chi connectivity index (χ0n) is 16.1. The average Bonchev–Trinajstić information content (AvgIpc) is 3.14. The SMILES string of the molecule is CS(=O)(=O)Nc1ccccc1CNC(=O)NCCC(=O)N1CCc2sccc2C1. The van der Waals surface area contributed by atoms with E-state index in [4.69, 9.17) is 0 Å². The average molecular weight is 437 g/mol. The fourth-order valence-electron chi connectivity index (χ4n) is 3.11. The summed E-state index contributed by atoms with van der Waals surface area (Å²) in [5.74, 6) is 0.0184. The van der Waals surface area contributed by atoms with Crippen LogP contribution in [-0.4, -0.2) is 44.6 Å². The second kappa shape index (κ2) is 9.27. The number of anilines is 1. The van der Waals surface area contributed by atoms with Gasteiger partial charge in [-0.1, -0.05) is 18.2 Å². The molecule has 1 aromatic heterocycles. The van der Waals surface area contributed by atoms with Gasteiger partial charge in [0.25, 0.3) is 0 Å². The summed E-state index contributed by atoms with van der Waals surface area (Å²) in [6, 6.07) is 8.48. The predicted octanol–water partition coefficient (Wildman–Crippen LogP) is 1.89. The molecule has 2 heterocycles. The van der Waals surface area contributed by atoms with E-state index in [1.165, 1.54) is 10.4 Å². The molecule has 2 aromatic rings. The molecule has 1 aliphatic rings. The molecule has 0 saturated heterocycles. The largest absolute Gasteiger partial charge is 0.338 e. The van der Waals surface area contributed by atoms with E-state index < -0.39 is 16.1 Å². The summed E-state index contributed by atoms with van der Waals surface area (Å²) in [5.41, 5.74) is 2.27. The lowest BCUT2D eigenvalue weighted by atomic mass is 10.1. The van der Waals surface area contributed by atoms with Crippen LogP contribution >= 0.6 is 11.3 Å². The van der Waals surface area contributed by atoms with Gasteiger partial charge in [0.1, 0.15) is 0 Å². The number of carbonyl (C=O) groups is 2. The van der Waals surface area contributed by atoms with Gasteiger partial charge in [0, 0.05) is 37.5 Å². The lowest BCUT2D eigenvalue weighted by molar-refractivity contribution is -0.131. The predicted molar refractivity (Wildman–Crippen MR) is 113 cm³/mol. The van der Waals surface area contributed by atoms with Crippen LogP contribution in [0.3, 0.4) is 0 Å². The molecule has 0 aliphatic carbocycles. The van der Waals surface area contributed by atoms with E-state index in [0.717, 1.165) is 12.7 Å². The van der Waals surface area contributed by atoms with Gasteiger partial charge in [-0.2, -0.15) is 0 Å². The van der Waals surface area contributed by atoms with E-state index in [-0.39, 0.29) is 25.4 Å². The fraction of sp³-hybridized carbons (Fsp3) is 0.368. The van der Waals surface area contributed by atoms with E-state index in [1.807, 2.05) is 10.3 Å². The number of nitrogens with zero attached hydrogens (tertiary/aromatic N) is 1. The van der Waals surface area contributed by atoms with Crippen molar-refractivity contribution in [2.75, 3.05) is 24.1 Å². The Balaban J connectivity index is 1.41. The summed E-state index contributed by atoms with van der Waals surface area (Å²) in [6.07, 6.45) is 2.19. The maximum absolute atomic E-state index is 12.4. The molecular formula is C19H24N4O4S2. The number of sulfonamides is 1. The summed E-state index contributed by atoms with van der Waals surface area (Å²) in [4.78, 5) is 27.5. The van der Waals surface area contributed by atoms with Crippen LogP contribution < -0.4 is 15.4 Å². The highest BCUT2D eigenvalue weighted by atomic mass is 32.2. The maximum Gasteiger partial charge on any atom is 0.315 e. The van der Waals surface area contributed by atoms with Crippen molar-refractivity contribution in [3.05, 3.63) is 51.7 Å². The number of nitrogens with one attached hydrogen (secondary N) is 3. The number of fused-ring (bicyclic) bond motifs is 1. The Hall–Kier alpha value is -2.59. The number of hydrogen-bond acceptors (Lipinski definition) is 5. The van der Waals surface area contributed by atoms with Crippen LogP contribution in [0.2, 0.25) is 0 Å². The first-order valence-corrected chi connectivity index (χ1v) is 12.0. The molecule has 3 rings (SSSR count). The first kappa shape index (κ1) is 21.1. The van der Waals surface area contributed by atoms with Gasteiger partial charge >= 0.3 is 6.03 Å². The van der Waals surface area contributed by atoms with Gasteiger partial charge < -0.3 is 15.5 Å². The van der Waals surface area contributed by atoms with Crippen LogP contribution in [0.15, 0.2) is 35.7 Å². The number of amides is 3. The van der Waals surface area contributed by atoms with E-state index in [9.17, 15) is 18.0 Å². The standard InChI is InChI=1S/C19H24N4O4S2/c1-29(26,27)22-16-5-3-2-4-14(16)12-21-19(25)20-9-6-18(24)23-10-7-17-15(13-23)8-11-28-17/h2-5,8,11,22H,6-7,9-10,12-13H2,1H3,(H2,20,21,25). The van der Waals surface area contributed by atoms with Crippen molar-refractivity contribution in [1.29, 1.82) is 0 Å². The molecule has 156 valence electrons. The highest BCUT2D eigenvalue weighted by Crippen LogP contribution is 2.24. The first-order chi connectivity index (χ1) is 13.8. The summed E-state index contributed by atoms with van der Waals surface area (Å²) in [7, 11) is -3.41. The minimum atomic E-state index is -3.41. The van der Waals surface area contributed by atoms with Crippen LogP contribution in [0.25, 0.3) is 0 Å². The summed E-state index contributed by atoms with van der Waals surface area (Å²) in [6.45, 7) is 1.74. The van der Waals surface area contributed by atoms with Crippen molar-refractivity contribution in [2.24, 2.45) is 0 Å². The van der Waals surface area contributed by atoms with Crippen molar-refractivity contribution in [1.82, 2.24) is 15.5 Å². The quantitative estimate of drug-likeness (QED) is 0.616. The van der Waals surface area contributed by atoms with Crippen LogP contribution in [0, 0.1) is 0 Å². The summed E-state index contributed by atoms with van der Waals surface area (Å²) >= 11 is 1.73. The summed E-state index contributed by atoms with van der Waals surface area (Å²) < 4.78 is 25.3. The molecule has 0 bridgehead atoms. The minimum Gasteiger partial charge on any atom is -0.338 e. The number of benzene rings is 1. The molecule has 29 heavy (non-hydrogen) atoms. The van der Waals surface area contributed by atoms with Crippen molar-refractivity contribution in [2.45, 2.75) is 25.9 Å². The molecule has 3 amide bonds. The third kappa shape index (κ3) is 6.20. The van der Waals surface area contributed by atoms with Crippen molar-refractivity contribution < 1.29 is 18.0 Å². The van der Waals surface area contributed by atoms with Crippen LogP contribution in [0.1, 0.15) is 22.4 Å². The third-order valence-electron chi connectivity index (χ3n) is 4.54. The van der Waals surface area contributed by atoms with Gasteiger partial charge in [-0.25, -0.2) is 13.2 Å². The molecule has 0 fully saturated rings. The normalized spacial score (nSPS) is 13.5. The maximum atomic E-state index is 12.4. The van der Waals surface area contributed by atoms with Crippen LogP contribution in [0.4, 0.5) is 10.5 Å². The Kier molecular flexibility index (Phi) is 6.75. The minimum absolute atomic E-state index is 0.0184. The molecule has 1 aromatic carbocycles. The van der Waals surface area contributed by atoms with Crippen molar-refractivity contribution in [3.8, 4) is 0 Å². The Bertz CT molecular complexity index is 988. The molecule has 3 N–H and O–H groups in total. The lowest BCUT2D eigenvalue weighted by Gasteiger charge is -2.27. The highest BCUT2D eigenvalue weighted by molar-refractivity contribution is 7.92. The van der Waals surface area contributed by atoms with Crippen molar-refractivity contribution in [3.63, 3.8) is 0 Å².